The van der Waals surface area contributed by atoms with Crippen molar-refractivity contribution in [2.24, 2.45) is 0 Å². The van der Waals surface area contributed by atoms with Crippen molar-refractivity contribution in [3.8, 4) is 17.1 Å². The number of nitrogens with one attached hydrogen (secondary N) is 1. The van der Waals surface area contributed by atoms with Gasteiger partial charge in [0, 0.05) is 35.1 Å². The lowest BCUT2D eigenvalue weighted by Crippen LogP contribution is -1.87. The highest BCUT2D eigenvalue weighted by molar-refractivity contribution is 6.35. The number of pyridine rings is 2. The number of rotatable bonds is 2. The molecule has 0 aliphatic rings. The number of H-pyrrole nitrogens is 1. The third-order valence-electron chi connectivity index (χ3n) is 2.73. The monoisotopic (exact) mass is 259 g/mol. The van der Waals surface area contributed by atoms with Gasteiger partial charge < -0.3 is 9.72 Å². The van der Waals surface area contributed by atoms with Crippen LogP contribution < -0.4 is 4.74 Å². The van der Waals surface area contributed by atoms with Crippen LogP contribution in [-0.2, 0) is 0 Å². The number of aromatic nitrogens is 3. The third kappa shape index (κ3) is 1.80. The number of aromatic amines is 1. The number of ether oxygens (including phenoxy) is 1. The highest BCUT2D eigenvalue weighted by Gasteiger charge is 2.07. The lowest BCUT2D eigenvalue weighted by molar-refractivity contribution is 0.398. The number of halogens is 1. The average Bonchev–Trinajstić information content (AvgIpc) is 2.84. The molecule has 3 rings (SSSR count). The van der Waals surface area contributed by atoms with Gasteiger partial charge >= 0.3 is 0 Å². The molecule has 0 saturated carbocycles. The van der Waals surface area contributed by atoms with Crippen LogP contribution in [-0.4, -0.2) is 22.1 Å². The summed E-state index contributed by atoms with van der Waals surface area (Å²) < 4.78 is 5.11. The van der Waals surface area contributed by atoms with Crippen LogP contribution in [0.1, 0.15) is 0 Å². The van der Waals surface area contributed by atoms with Gasteiger partial charge in [-0.15, -0.1) is 0 Å². The summed E-state index contributed by atoms with van der Waals surface area (Å²) in [7, 11) is 1.59. The van der Waals surface area contributed by atoms with E-state index in [1.54, 1.807) is 25.6 Å². The lowest BCUT2D eigenvalue weighted by atomic mass is 10.2. The minimum atomic E-state index is 0.574. The van der Waals surface area contributed by atoms with Crippen LogP contribution in [0.2, 0.25) is 5.02 Å². The molecule has 0 amide bonds. The first-order valence-corrected chi connectivity index (χ1v) is 5.79. The van der Waals surface area contributed by atoms with Crippen LogP contribution in [0.3, 0.4) is 0 Å². The molecule has 4 nitrogen and oxygen atoms in total. The number of hydrogen-bond acceptors (Lipinski definition) is 3. The Bertz CT molecular complexity index is 708. The van der Waals surface area contributed by atoms with E-state index < -0.39 is 0 Å². The smallest absolute Gasteiger partial charge is 0.213 e. The van der Waals surface area contributed by atoms with Gasteiger partial charge in [-0.05, 0) is 18.2 Å². The number of hydrogen-bond donors (Lipinski definition) is 1. The van der Waals surface area contributed by atoms with Gasteiger partial charge in [0.2, 0.25) is 5.88 Å². The van der Waals surface area contributed by atoms with E-state index in [1.165, 1.54) is 0 Å². The zero-order valence-corrected chi connectivity index (χ0v) is 10.4. The van der Waals surface area contributed by atoms with Crippen molar-refractivity contribution in [1.29, 1.82) is 0 Å². The Balaban J connectivity index is 2.16. The second-order valence-corrected chi connectivity index (χ2v) is 4.23. The third-order valence-corrected chi connectivity index (χ3v) is 3.06. The van der Waals surface area contributed by atoms with Crippen molar-refractivity contribution in [2.75, 3.05) is 7.11 Å². The summed E-state index contributed by atoms with van der Waals surface area (Å²) >= 11 is 6.12. The zero-order valence-electron chi connectivity index (χ0n) is 9.64. The molecule has 0 unspecified atom stereocenters. The standard InChI is InChI=1S/C13H10ClN3O/c1-18-12-6-8(2-4-15-12)11-7-9-10(14)3-5-16-13(9)17-11/h2-7H,1H3,(H,16,17). The molecule has 90 valence electrons. The van der Waals surface area contributed by atoms with E-state index in [4.69, 9.17) is 16.3 Å². The van der Waals surface area contributed by atoms with Gasteiger partial charge in [0.05, 0.1) is 12.1 Å². The van der Waals surface area contributed by atoms with Crippen LogP contribution in [0, 0.1) is 0 Å². The lowest BCUT2D eigenvalue weighted by Gasteiger charge is -2.00. The van der Waals surface area contributed by atoms with Crippen LogP contribution in [0.5, 0.6) is 5.88 Å². The summed E-state index contributed by atoms with van der Waals surface area (Å²) in [4.78, 5) is 11.5. The van der Waals surface area contributed by atoms with Crippen molar-refractivity contribution in [3.63, 3.8) is 0 Å². The van der Waals surface area contributed by atoms with Gasteiger partial charge in [0.15, 0.2) is 0 Å². The van der Waals surface area contributed by atoms with E-state index in [1.807, 2.05) is 18.2 Å². The topological polar surface area (TPSA) is 50.8 Å². The molecule has 0 bridgehead atoms. The minimum Gasteiger partial charge on any atom is -0.481 e. The molecule has 0 aromatic carbocycles. The van der Waals surface area contributed by atoms with E-state index in [9.17, 15) is 0 Å². The highest BCUT2D eigenvalue weighted by Crippen LogP contribution is 2.28. The molecule has 5 heteroatoms. The van der Waals surface area contributed by atoms with Crippen LogP contribution in [0.25, 0.3) is 22.3 Å². The van der Waals surface area contributed by atoms with E-state index in [0.717, 1.165) is 22.3 Å². The summed E-state index contributed by atoms with van der Waals surface area (Å²) in [5, 5.41) is 1.59. The maximum Gasteiger partial charge on any atom is 0.213 e. The molecule has 0 atom stereocenters. The van der Waals surface area contributed by atoms with Crippen LogP contribution in [0.15, 0.2) is 36.7 Å². The van der Waals surface area contributed by atoms with Crippen LogP contribution in [0.4, 0.5) is 0 Å². The predicted octanol–water partition coefficient (Wildman–Crippen LogP) is 3.29. The summed E-state index contributed by atoms with van der Waals surface area (Å²) in [6.45, 7) is 0. The predicted molar refractivity (Wildman–Crippen MR) is 70.9 cm³/mol. The van der Waals surface area contributed by atoms with Gasteiger partial charge in [-0.25, -0.2) is 9.97 Å². The molecule has 0 radical (unpaired) electrons. The molecule has 0 aliphatic heterocycles. The van der Waals surface area contributed by atoms with Crippen molar-refractivity contribution in [1.82, 2.24) is 15.0 Å². The second-order valence-electron chi connectivity index (χ2n) is 3.82. The number of methoxy groups -OCH3 is 1. The summed E-state index contributed by atoms with van der Waals surface area (Å²) in [6, 6.07) is 7.51. The Kier molecular flexibility index (Phi) is 2.64. The van der Waals surface area contributed by atoms with Gasteiger partial charge in [-0.2, -0.15) is 0 Å². The molecular weight excluding hydrogens is 250 g/mol. The van der Waals surface area contributed by atoms with Crippen molar-refractivity contribution in [2.45, 2.75) is 0 Å². The molecule has 3 aromatic rings. The highest BCUT2D eigenvalue weighted by atomic mass is 35.5. The fraction of sp³-hybridized carbons (Fsp3) is 0.0769. The maximum absolute atomic E-state index is 6.12. The molecule has 18 heavy (non-hydrogen) atoms. The van der Waals surface area contributed by atoms with E-state index in [2.05, 4.69) is 15.0 Å². The Morgan fingerprint density at radius 3 is 2.78 bits per heavy atom. The Morgan fingerprint density at radius 1 is 1.17 bits per heavy atom. The number of fused-ring (bicyclic) bond motifs is 1. The fourth-order valence-corrected chi connectivity index (χ4v) is 2.04. The molecule has 0 spiro atoms. The normalized spacial score (nSPS) is 10.8. The molecule has 3 heterocycles. The first kappa shape index (κ1) is 11.0. The van der Waals surface area contributed by atoms with Crippen molar-refractivity contribution < 1.29 is 4.74 Å². The summed E-state index contributed by atoms with van der Waals surface area (Å²) in [6.07, 6.45) is 3.38. The van der Waals surface area contributed by atoms with Gasteiger partial charge in [0.1, 0.15) is 5.65 Å². The second kappa shape index (κ2) is 4.31. The molecule has 1 N–H and O–H groups in total. The largest absolute Gasteiger partial charge is 0.481 e. The van der Waals surface area contributed by atoms with Gasteiger partial charge in [-0.3, -0.25) is 0 Å². The summed E-state index contributed by atoms with van der Waals surface area (Å²) in [5.41, 5.74) is 2.69. The van der Waals surface area contributed by atoms with Crippen LogP contribution >= 0.6 is 11.6 Å². The fourth-order valence-electron chi connectivity index (χ4n) is 1.84. The maximum atomic E-state index is 6.12. The van der Waals surface area contributed by atoms with Gasteiger partial charge in [0.25, 0.3) is 0 Å². The van der Waals surface area contributed by atoms with Gasteiger partial charge in [-0.1, -0.05) is 11.6 Å². The number of nitrogens with zero attached hydrogens (tertiary/aromatic N) is 2. The average molecular weight is 260 g/mol. The Hall–Kier alpha value is -2.07. The quantitative estimate of drug-likeness (QED) is 0.768. The molecule has 0 saturated heterocycles. The molecule has 0 aliphatic carbocycles. The Labute approximate surface area is 109 Å². The van der Waals surface area contributed by atoms with Crippen molar-refractivity contribution >= 4 is 22.6 Å². The van der Waals surface area contributed by atoms with E-state index >= 15 is 0 Å². The SMILES string of the molecule is COc1cc(-c2cc3c(Cl)ccnc3[nH]2)ccn1. The molecule has 3 aromatic heterocycles. The van der Waals surface area contributed by atoms with E-state index in [0.29, 0.717) is 10.9 Å². The summed E-state index contributed by atoms with van der Waals surface area (Å²) in [5.74, 6) is 0.574. The molecule has 0 fully saturated rings. The van der Waals surface area contributed by atoms with E-state index in [-0.39, 0.29) is 0 Å². The first-order valence-electron chi connectivity index (χ1n) is 5.41. The van der Waals surface area contributed by atoms with Crippen molar-refractivity contribution in [3.05, 3.63) is 41.7 Å². The zero-order chi connectivity index (χ0) is 12.5. The minimum absolute atomic E-state index is 0.574. The molecular formula is C13H10ClN3O. The Morgan fingerprint density at radius 2 is 2.00 bits per heavy atom. The first-order chi connectivity index (χ1) is 8.78.